The molecule has 0 saturated carbocycles. The predicted molar refractivity (Wildman–Crippen MR) is 151 cm³/mol. The molecular formula is C32H34N2O4. The Bertz CT molecular complexity index is 1420. The van der Waals surface area contributed by atoms with Gasteiger partial charge in [-0.15, -0.1) is 0 Å². The van der Waals surface area contributed by atoms with Gasteiger partial charge in [0, 0.05) is 30.0 Å². The normalized spacial score (nSPS) is 18.3. The average molecular weight is 511 g/mol. The van der Waals surface area contributed by atoms with Crippen molar-refractivity contribution in [2.45, 2.75) is 46.6 Å². The van der Waals surface area contributed by atoms with E-state index in [4.69, 9.17) is 4.74 Å². The van der Waals surface area contributed by atoms with Crippen molar-refractivity contribution in [2.75, 3.05) is 29.5 Å². The third-order valence-corrected chi connectivity index (χ3v) is 7.73. The van der Waals surface area contributed by atoms with E-state index in [2.05, 4.69) is 18.7 Å². The second-order valence-electron chi connectivity index (χ2n) is 9.98. The van der Waals surface area contributed by atoms with Gasteiger partial charge >= 0.3 is 0 Å². The lowest BCUT2D eigenvalue weighted by atomic mass is 9.93. The van der Waals surface area contributed by atoms with Crippen LogP contribution in [0.4, 0.5) is 11.4 Å². The number of anilines is 2. The smallest absolute Gasteiger partial charge is 0.300 e. The molecule has 0 bridgehead atoms. The molecule has 2 aliphatic rings. The van der Waals surface area contributed by atoms with Crippen LogP contribution in [0.3, 0.4) is 0 Å². The third kappa shape index (κ3) is 4.44. The van der Waals surface area contributed by atoms with Gasteiger partial charge in [0.05, 0.1) is 18.2 Å². The topological polar surface area (TPSA) is 70.1 Å². The zero-order valence-corrected chi connectivity index (χ0v) is 22.5. The van der Waals surface area contributed by atoms with E-state index in [0.717, 1.165) is 59.6 Å². The summed E-state index contributed by atoms with van der Waals surface area (Å²) >= 11 is 0. The average Bonchev–Trinajstić information content (AvgIpc) is 3.20. The SMILES string of the molecule is CCN(CC)c1ccc(C2/C(=C(/O)c3ccc4c(c3)CCCO4)C(=O)C(=O)N2c2ccc(C)c(C)c2)cc1. The number of fused-ring (bicyclic) bond motifs is 1. The van der Waals surface area contributed by atoms with Crippen LogP contribution in [-0.2, 0) is 16.0 Å². The van der Waals surface area contributed by atoms with Crippen LogP contribution in [0.25, 0.3) is 5.76 Å². The quantitative estimate of drug-likeness (QED) is 0.246. The molecule has 2 heterocycles. The highest BCUT2D eigenvalue weighted by Gasteiger charge is 2.47. The van der Waals surface area contributed by atoms with Crippen molar-refractivity contribution in [3.63, 3.8) is 0 Å². The molecule has 0 spiro atoms. The maximum Gasteiger partial charge on any atom is 0.300 e. The molecule has 2 aliphatic heterocycles. The standard InChI is InChI=1S/C32H34N2O4/c1-5-33(6-2)25-14-10-22(11-15-25)29-28(30(35)24-12-16-27-23(19-24)8-7-17-38-27)31(36)32(37)34(29)26-13-9-20(3)21(4)18-26/h9-16,18-19,29,35H,5-8,17H2,1-4H3/b30-28-. The van der Waals surface area contributed by atoms with Crippen molar-refractivity contribution in [2.24, 2.45) is 0 Å². The van der Waals surface area contributed by atoms with Gasteiger partial charge < -0.3 is 14.7 Å². The second kappa shape index (κ2) is 10.4. The van der Waals surface area contributed by atoms with Crippen molar-refractivity contribution in [3.8, 4) is 5.75 Å². The van der Waals surface area contributed by atoms with Crippen LogP contribution < -0.4 is 14.5 Å². The maximum atomic E-state index is 13.6. The number of aliphatic hydroxyl groups excluding tert-OH is 1. The van der Waals surface area contributed by atoms with Crippen molar-refractivity contribution in [1.29, 1.82) is 0 Å². The lowest BCUT2D eigenvalue weighted by Crippen LogP contribution is -2.29. The summed E-state index contributed by atoms with van der Waals surface area (Å²) in [5.74, 6) is -0.700. The van der Waals surface area contributed by atoms with Gasteiger partial charge in [-0.05, 0) is 105 Å². The van der Waals surface area contributed by atoms with Crippen LogP contribution in [0.2, 0.25) is 0 Å². The van der Waals surface area contributed by atoms with Crippen LogP contribution in [0.1, 0.15) is 54.1 Å². The number of ether oxygens (including phenoxy) is 1. The monoisotopic (exact) mass is 510 g/mol. The van der Waals surface area contributed by atoms with Gasteiger partial charge in [0.2, 0.25) is 0 Å². The largest absolute Gasteiger partial charge is 0.507 e. The Hall–Kier alpha value is -4.06. The first-order valence-corrected chi connectivity index (χ1v) is 13.3. The molecule has 3 aromatic rings. The number of ketones is 1. The van der Waals surface area contributed by atoms with Crippen molar-refractivity contribution >= 4 is 28.8 Å². The van der Waals surface area contributed by atoms with E-state index in [1.807, 2.05) is 68.4 Å². The molecule has 1 atom stereocenters. The molecule has 1 amide bonds. The molecule has 3 aromatic carbocycles. The predicted octanol–water partition coefficient (Wildman–Crippen LogP) is 6.10. The fraction of sp³-hybridized carbons (Fsp3) is 0.312. The fourth-order valence-corrected chi connectivity index (χ4v) is 5.41. The summed E-state index contributed by atoms with van der Waals surface area (Å²) in [7, 11) is 0. The molecule has 0 radical (unpaired) electrons. The van der Waals surface area contributed by atoms with E-state index >= 15 is 0 Å². The molecule has 1 N–H and O–H groups in total. The Labute approximate surface area is 224 Å². The van der Waals surface area contributed by atoms with Crippen molar-refractivity contribution in [1.82, 2.24) is 0 Å². The maximum absolute atomic E-state index is 13.6. The molecular weight excluding hydrogens is 476 g/mol. The Morgan fingerprint density at radius 2 is 1.71 bits per heavy atom. The summed E-state index contributed by atoms with van der Waals surface area (Å²) < 4.78 is 5.73. The number of hydrogen-bond donors (Lipinski definition) is 1. The highest BCUT2D eigenvalue weighted by atomic mass is 16.5. The summed E-state index contributed by atoms with van der Waals surface area (Å²) in [5.41, 5.74) is 6.18. The van der Waals surface area contributed by atoms with Gasteiger partial charge in [-0.25, -0.2) is 0 Å². The molecule has 38 heavy (non-hydrogen) atoms. The van der Waals surface area contributed by atoms with Gasteiger partial charge in [0.15, 0.2) is 0 Å². The van der Waals surface area contributed by atoms with Crippen LogP contribution in [-0.4, -0.2) is 36.5 Å². The minimum atomic E-state index is -0.754. The molecule has 1 saturated heterocycles. The highest BCUT2D eigenvalue weighted by Crippen LogP contribution is 2.43. The summed E-state index contributed by atoms with van der Waals surface area (Å²) in [6.45, 7) is 10.6. The van der Waals surface area contributed by atoms with Gasteiger partial charge in [-0.2, -0.15) is 0 Å². The Morgan fingerprint density at radius 1 is 0.974 bits per heavy atom. The number of aryl methyl sites for hydroxylation is 3. The van der Waals surface area contributed by atoms with Crippen molar-refractivity contribution in [3.05, 3.63) is 94.1 Å². The molecule has 6 nitrogen and oxygen atoms in total. The van der Waals surface area contributed by atoms with E-state index in [9.17, 15) is 14.7 Å². The third-order valence-electron chi connectivity index (χ3n) is 7.73. The Kier molecular flexibility index (Phi) is 6.98. The number of hydrogen-bond acceptors (Lipinski definition) is 5. The minimum absolute atomic E-state index is 0.0977. The zero-order chi connectivity index (χ0) is 27.0. The van der Waals surface area contributed by atoms with Crippen molar-refractivity contribution < 1.29 is 19.4 Å². The lowest BCUT2D eigenvalue weighted by molar-refractivity contribution is -0.132. The summed E-state index contributed by atoms with van der Waals surface area (Å²) in [5, 5.41) is 11.6. The van der Waals surface area contributed by atoms with E-state index in [1.165, 1.54) is 4.90 Å². The molecule has 0 aromatic heterocycles. The Balaban J connectivity index is 1.67. The summed E-state index contributed by atoms with van der Waals surface area (Å²) in [6, 6.07) is 18.4. The minimum Gasteiger partial charge on any atom is -0.507 e. The van der Waals surface area contributed by atoms with Crippen LogP contribution in [0.5, 0.6) is 5.75 Å². The number of nitrogens with zero attached hydrogens (tertiary/aromatic N) is 2. The molecule has 0 aliphatic carbocycles. The zero-order valence-electron chi connectivity index (χ0n) is 22.5. The first-order valence-electron chi connectivity index (χ1n) is 13.3. The van der Waals surface area contributed by atoms with Gasteiger partial charge in [0.1, 0.15) is 11.5 Å². The van der Waals surface area contributed by atoms with Gasteiger partial charge in [-0.3, -0.25) is 14.5 Å². The number of carbonyl (C=O) groups excluding carboxylic acids is 2. The van der Waals surface area contributed by atoms with Crippen LogP contribution in [0.15, 0.2) is 66.2 Å². The fourth-order valence-electron chi connectivity index (χ4n) is 5.41. The number of Topliss-reactive ketones (excluding diaryl/α,β-unsaturated/α-hetero) is 1. The Morgan fingerprint density at radius 3 is 2.39 bits per heavy atom. The van der Waals surface area contributed by atoms with E-state index < -0.39 is 17.7 Å². The second-order valence-corrected chi connectivity index (χ2v) is 9.98. The molecule has 196 valence electrons. The number of rotatable bonds is 6. The van der Waals surface area contributed by atoms with Gasteiger partial charge in [0.25, 0.3) is 11.7 Å². The number of benzene rings is 3. The number of carbonyl (C=O) groups is 2. The lowest BCUT2D eigenvalue weighted by Gasteiger charge is -2.27. The summed E-state index contributed by atoms with van der Waals surface area (Å²) in [4.78, 5) is 30.8. The summed E-state index contributed by atoms with van der Waals surface area (Å²) in [6.07, 6.45) is 1.73. The highest BCUT2D eigenvalue weighted by molar-refractivity contribution is 6.51. The molecule has 1 unspecified atom stereocenters. The number of amides is 1. The van der Waals surface area contributed by atoms with Crippen LogP contribution >= 0.6 is 0 Å². The van der Waals surface area contributed by atoms with E-state index in [-0.39, 0.29) is 11.3 Å². The van der Waals surface area contributed by atoms with Crippen LogP contribution in [0, 0.1) is 13.8 Å². The van der Waals surface area contributed by atoms with Gasteiger partial charge in [-0.1, -0.05) is 18.2 Å². The van der Waals surface area contributed by atoms with E-state index in [0.29, 0.717) is 17.9 Å². The first kappa shape index (κ1) is 25.6. The molecule has 6 heteroatoms. The number of aliphatic hydroxyl groups is 1. The first-order chi connectivity index (χ1) is 18.3. The molecule has 5 rings (SSSR count). The van der Waals surface area contributed by atoms with E-state index in [1.54, 1.807) is 6.07 Å². The molecule has 1 fully saturated rings.